The molecule has 0 saturated carbocycles. The second-order valence-electron chi connectivity index (χ2n) is 12.0. The number of cyclic esters (lactones) is 1. The number of likely N-dealkylation sites (tertiary alicyclic amines) is 1. The molecule has 2 saturated heterocycles. The van der Waals surface area contributed by atoms with Crippen molar-refractivity contribution in [3.8, 4) is 0 Å². The first kappa shape index (κ1) is 30.7. The number of ether oxygens (including phenoxy) is 2. The van der Waals surface area contributed by atoms with Gasteiger partial charge in [0.25, 0.3) is 0 Å². The van der Waals surface area contributed by atoms with Gasteiger partial charge in [-0.1, -0.05) is 85.0 Å². The lowest BCUT2D eigenvalue weighted by Crippen LogP contribution is -2.55. The minimum absolute atomic E-state index is 0.0326. The Morgan fingerprint density at radius 3 is 2.44 bits per heavy atom. The van der Waals surface area contributed by atoms with Crippen LogP contribution in [0.15, 0.2) is 85.0 Å². The minimum Gasteiger partial charge on any atom is -0.463 e. The number of esters is 1. The Kier molecular flexibility index (Phi) is 9.14. The van der Waals surface area contributed by atoms with E-state index in [4.69, 9.17) is 9.47 Å². The molecule has 4 aliphatic rings. The highest BCUT2D eigenvalue weighted by Gasteiger charge is 2.73. The molecular formula is C35H39N3O7. The lowest BCUT2D eigenvalue weighted by molar-refractivity contribution is -0.148. The second-order valence-corrected chi connectivity index (χ2v) is 12.0. The fourth-order valence-corrected chi connectivity index (χ4v) is 7.03. The molecule has 10 nitrogen and oxygen atoms in total. The molecule has 0 unspecified atom stereocenters. The van der Waals surface area contributed by atoms with E-state index in [1.807, 2.05) is 72.8 Å². The van der Waals surface area contributed by atoms with Gasteiger partial charge in [-0.2, -0.15) is 0 Å². The number of nitrogens with one attached hydrogen (secondary N) is 1. The van der Waals surface area contributed by atoms with Gasteiger partial charge in [0.2, 0.25) is 17.7 Å². The van der Waals surface area contributed by atoms with Crippen LogP contribution in [0.1, 0.15) is 42.9 Å². The van der Waals surface area contributed by atoms with Crippen molar-refractivity contribution in [1.29, 1.82) is 0 Å². The van der Waals surface area contributed by atoms with Gasteiger partial charge in [0.05, 0.1) is 24.0 Å². The molecule has 45 heavy (non-hydrogen) atoms. The maximum absolute atomic E-state index is 14.6. The molecule has 1 spiro atoms. The number of fused-ring (bicyclic) bond motifs is 2. The monoisotopic (exact) mass is 613 g/mol. The quantitative estimate of drug-likeness (QED) is 0.280. The first-order valence-electron chi connectivity index (χ1n) is 15.7. The number of hydrogen-bond acceptors (Lipinski definition) is 7. The molecule has 6 rings (SSSR count). The average molecular weight is 614 g/mol. The van der Waals surface area contributed by atoms with E-state index in [-0.39, 0.29) is 44.5 Å². The normalized spacial score (nSPS) is 30.7. The number of nitrogens with zero attached hydrogens (tertiary/aromatic N) is 2. The van der Waals surface area contributed by atoms with E-state index in [1.54, 1.807) is 22.0 Å². The fourth-order valence-electron chi connectivity index (χ4n) is 7.03. The SMILES string of the molecule is O=C1CC/C=C\CN(Cc2ccccc2)C(=O)[C@@H]2N(CCCCO)C(=O)[C@H]3[C@H](C(=O)N[C@H](c4ccccc4)CO1)[C@@H]1C=C[C@]23O1. The van der Waals surface area contributed by atoms with E-state index in [2.05, 4.69) is 5.32 Å². The largest absolute Gasteiger partial charge is 0.463 e. The number of amides is 3. The van der Waals surface area contributed by atoms with Gasteiger partial charge in [-0.05, 0) is 30.4 Å². The molecule has 3 amide bonds. The van der Waals surface area contributed by atoms with Crippen LogP contribution >= 0.6 is 0 Å². The predicted octanol–water partition coefficient (Wildman–Crippen LogP) is 2.69. The van der Waals surface area contributed by atoms with Crippen LogP contribution in [0.2, 0.25) is 0 Å². The van der Waals surface area contributed by atoms with Gasteiger partial charge >= 0.3 is 5.97 Å². The summed E-state index contributed by atoms with van der Waals surface area (Å²) in [6, 6.07) is 17.2. The summed E-state index contributed by atoms with van der Waals surface area (Å²) in [7, 11) is 0. The van der Waals surface area contributed by atoms with E-state index >= 15 is 0 Å². The van der Waals surface area contributed by atoms with Crippen molar-refractivity contribution in [3.05, 3.63) is 96.1 Å². The fraction of sp³-hybridized carbons (Fsp3) is 0.429. The predicted molar refractivity (Wildman–Crippen MR) is 164 cm³/mol. The number of aliphatic hydroxyl groups is 1. The summed E-state index contributed by atoms with van der Waals surface area (Å²) in [5.74, 6) is -3.16. The maximum atomic E-state index is 14.6. The van der Waals surface area contributed by atoms with Crippen molar-refractivity contribution in [2.75, 3.05) is 26.3 Å². The minimum atomic E-state index is -1.30. The lowest BCUT2D eigenvalue weighted by Gasteiger charge is -2.36. The van der Waals surface area contributed by atoms with Gasteiger partial charge in [-0.15, -0.1) is 0 Å². The number of hydrogen-bond donors (Lipinski definition) is 2. The zero-order valence-corrected chi connectivity index (χ0v) is 25.1. The zero-order chi connectivity index (χ0) is 31.4. The van der Waals surface area contributed by atoms with Gasteiger partial charge in [-0.25, -0.2) is 0 Å². The standard InChI is InChI=1S/C35H39N3O7/c39-21-11-10-20-38-31-34(43)37(22-24-12-4-1-5-13-24)19-9-3-8-16-28(40)44-23-26(25-14-6-2-7-15-25)36-32(41)29-27-17-18-35(31,45-27)30(29)33(38)42/h1-7,9,12-15,17-18,26-27,29-31,39H,8,10-11,16,19-23H2,(H,36,41)/b9-3-/t26-,27-,29+,30+,31-,35+/m0/s1. The zero-order valence-electron chi connectivity index (χ0n) is 25.1. The highest BCUT2D eigenvalue weighted by atomic mass is 16.5. The number of aliphatic hydroxyl groups excluding tert-OH is 1. The number of rotatable bonds is 7. The molecule has 4 aliphatic heterocycles. The molecule has 2 aromatic rings. The molecule has 2 aromatic carbocycles. The summed E-state index contributed by atoms with van der Waals surface area (Å²) in [6.45, 7) is 0.718. The maximum Gasteiger partial charge on any atom is 0.306 e. The van der Waals surface area contributed by atoms with E-state index in [0.29, 0.717) is 25.8 Å². The second kappa shape index (κ2) is 13.4. The van der Waals surface area contributed by atoms with Crippen LogP contribution in [-0.2, 0) is 35.2 Å². The molecule has 0 aliphatic carbocycles. The van der Waals surface area contributed by atoms with Crippen LogP contribution < -0.4 is 5.32 Å². The van der Waals surface area contributed by atoms with Gasteiger partial charge < -0.3 is 29.7 Å². The third-order valence-corrected chi connectivity index (χ3v) is 9.18. The van der Waals surface area contributed by atoms with Crippen molar-refractivity contribution in [2.45, 2.75) is 56.0 Å². The summed E-state index contributed by atoms with van der Waals surface area (Å²) < 4.78 is 12.1. The highest BCUT2D eigenvalue weighted by molar-refractivity contribution is 6.00. The highest BCUT2D eigenvalue weighted by Crippen LogP contribution is 2.55. The van der Waals surface area contributed by atoms with Crippen molar-refractivity contribution in [1.82, 2.24) is 15.1 Å². The van der Waals surface area contributed by atoms with Crippen LogP contribution in [0.25, 0.3) is 0 Å². The summed E-state index contributed by atoms with van der Waals surface area (Å²) in [5, 5.41) is 12.5. The summed E-state index contributed by atoms with van der Waals surface area (Å²) in [4.78, 5) is 58.9. The molecule has 2 N–H and O–H groups in total. The Bertz CT molecular complexity index is 1460. The van der Waals surface area contributed by atoms with Crippen molar-refractivity contribution >= 4 is 23.7 Å². The Labute approximate surface area is 262 Å². The Hall–Kier alpha value is -4.28. The van der Waals surface area contributed by atoms with E-state index < -0.39 is 47.5 Å². The van der Waals surface area contributed by atoms with Crippen LogP contribution in [0.5, 0.6) is 0 Å². The van der Waals surface area contributed by atoms with E-state index in [1.165, 1.54) is 0 Å². The van der Waals surface area contributed by atoms with E-state index in [0.717, 1.165) is 11.1 Å². The number of carbonyl (C=O) groups excluding carboxylic acids is 4. The average Bonchev–Trinajstić information content (AvgIpc) is 3.70. The number of allylic oxidation sites excluding steroid dienone is 1. The third-order valence-electron chi connectivity index (χ3n) is 9.18. The van der Waals surface area contributed by atoms with Gasteiger partial charge in [-0.3, -0.25) is 19.2 Å². The number of unbranched alkanes of at least 4 members (excludes halogenated alkanes) is 1. The molecule has 4 heterocycles. The third kappa shape index (κ3) is 6.04. The molecule has 0 aromatic heterocycles. The van der Waals surface area contributed by atoms with Crippen LogP contribution in [0.3, 0.4) is 0 Å². The molecule has 5 bridgehead atoms. The summed E-state index contributed by atoms with van der Waals surface area (Å²) in [6.07, 6.45) is 8.17. The number of benzene rings is 2. The molecular weight excluding hydrogens is 574 g/mol. The Morgan fingerprint density at radius 1 is 0.933 bits per heavy atom. The molecule has 6 atom stereocenters. The molecule has 10 heteroatoms. The van der Waals surface area contributed by atoms with Crippen LogP contribution in [-0.4, -0.2) is 82.6 Å². The number of carbonyl (C=O) groups is 4. The lowest BCUT2D eigenvalue weighted by atomic mass is 9.74. The van der Waals surface area contributed by atoms with Gasteiger partial charge in [0.15, 0.2) is 0 Å². The van der Waals surface area contributed by atoms with Crippen molar-refractivity contribution < 1.29 is 33.8 Å². The Morgan fingerprint density at radius 2 is 1.69 bits per heavy atom. The summed E-state index contributed by atoms with van der Waals surface area (Å²) >= 11 is 0. The molecule has 2 fully saturated rings. The van der Waals surface area contributed by atoms with Crippen LogP contribution in [0, 0.1) is 11.8 Å². The van der Waals surface area contributed by atoms with Crippen molar-refractivity contribution in [2.24, 2.45) is 11.8 Å². The summed E-state index contributed by atoms with van der Waals surface area (Å²) in [5.41, 5.74) is 0.385. The topological polar surface area (TPSA) is 125 Å². The van der Waals surface area contributed by atoms with Crippen LogP contribution in [0.4, 0.5) is 0 Å². The van der Waals surface area contributed by atoms with Crippen molar-refractivity contribution in [3.63, 3.8) is 0 Å². The molecule has 236 valence electrons. The molecule has 0 radical (unpaired) electrons. The smallest absolute Gasteiger partial charge is 0.306 e. The van der Waals surface area contributed by atoms with Gasteiger partial charge in [0.1, 0.15) is 18.2 Å². The first-order chi connectivity index (χ1) is 21.9. The Balaban J connectivity index is 1.39. The van der Waals surface area contributed by atoms with Gasteiger partial charge in [0, 0.05) is 32.7 Å². The first-order valence-corrected chi connectivity index (χ1v) is 15.7. The van der Waals surface area contributed by atoms with E-state index in [9.17, 15) is 24.3 Å².